The highest BCUT2D eigenvalue weighted by Crippen LogP contribution is 2.08. The van der Waals surface area contributed by atoms with Gasteiger partial charge in [-0.25, -0.2) is 10.7 Å². The van der Waals surface area contributed by atoms with Crippen molar-refractivity contribution in [3.8, 4) is 0 Å². The molecule has 1 aromatic heterocycles. The Balaban J connectivity index is 2.33. The Morgan fingerprint density at radius 2 is 2.20 bits per heavy atom. The zero-order valence-electron chi connectivity index (χ0n) is 8.27. The maximum Gasteiger partial charge on any atom is 0.326 e. The Labute approximate surface area is 86.4 Å². The molecule has 0 fully saturated rings. The van der Waals surface area contributed by atoms with Crippen LogP contribution in [-0.4, -0.2) is 16.2 Å². The summed E-state index contributed by atoms with van der Waals surface area (Å²) in [4.78, 5) is 18.8. The van der Waals surface area contributed by atoms with Gasteiger partial charge in [-0.2, -0.15) is 0 Å². The van der Waals surface area contributed by atoms with Gasteiger partial charge in [0.2, 0.25) is 0 Å². The number of para-hydroxylation sites is 2. The van der Waals surface area contributed by atoms with Gasteiger partial charge in [0.15, 0.2) is 0 Å². The molecule has 0 amide bonds. The molecule has 2 rings (SSSR count). The van der Waals surface area contributed by atoms with Gasteiger partial charge in [-0.3, -0.25) is 4.57 Å². The average molecular weight is 207 g/mol. The summed E-state index contributed by atoms with van der Waals surface area (Å²) in [5.74, 6) is 4.92. The number of hydrogen-bond donors (Lipinski definition) is 2. The summed E-state index contributed by atoms with van der Waals surface area (Å²) in [6.45, 7) is 1.06. The van der Waals surface area contributed by atoms with Crippen LogP contribution in [0.1, 0.15) is 6.42 Å². The second-order valence-electron chi connectivity index (χ2n) is 3.32. The molecule has 1 heterocycles. The van der Waals surface area contributed by atoms with E-state index in [1.54, 1.807) is 4.57 Å². The maximum absolute atomic E-state index is 11.6. The van der Waals surface area contributed by atoms with E-state index in [9.17, 15) is 4.79 Å². The fraction of sp³-hybridized carbons (Fsp3) is 0.300. The van der Waals surface area contributed by atoms with Crippen LogP contribution >= 0.6 is 0 Å². The maximum atomic E-state index is 11.6. The molecule has 1 aromatic carbocycles. The van der Waals surface area contributed by atoms with Gasteiger partial charge in [0, 0.05) is 6.54 Å². The Morgan fingerprint density at radius 1 is 1.40 bits per heavy atom. The summed E-state index contributed by atoms with van der Waals surface area (Å²) in [5, 5.41) is 0. The van der Waals surface area contributed by atoms with E-state index in [1.807, 2.05) is 24.3 Å². The fourth-order valence-electron chi connectivity index (χ4n) is 1.63. The molecular weight excluding hydrogens is 194 g/mol. The SMILES string of the molecule is NOCCCn1c(=O)[nH]c2ccccc21. The van der Waals surface area contributed by atoms with Crippen molar-refractivity contribution in [2.24, 2.45) is 5.90 Å². The lowest BCUT2D eigenvalue weighted by molar-refractivity contribution is 0.132. The molecule has 0 aliphatic heterocycles. The summed E-state index contributed by atoms with van der Waals surface area (Å²) < 4.78 is 1.69. The van der Waals surface area contributed by atoms with Crippen LogP contribution in [0.2, 0.25) is 0 Å². The van der Waals surface area contributed by atoms with Crippen molar-refractivity contribution < 1.29 is 4.84 Å². The Hall–Kier alpha value is -1.59. The first kappa shape index (κ1) is 9.95. The second kappa shape index (κ2) is 4.29. The number of nitrogens with zero attached hydrogens (tertiary/aromatic N) is 1. The minimum atomic E-state index is -0.0896. The lowest BCUT2D eigenvalue weighted by Gasteiger charge is -2.01. The molecule has 3 N–H and O–H groups in total. The van der Waals surface area contributed by atoms with Gasteiger partial charge in [-0.1, -0.05) is 12.1 Å². The molecule has 0 aliphatic carbocycles. The number of aryl methyl sites for hydroxylation is 1. The van der Waals surface area contributed by atoms with Crippen LogP contribution in [0.3, 0.4) is 0 Å². The van der Waals surface area contributed by atoms with Gasteiger partial charge < -0.3 is 9.82 Å². The molecule has 0 atom stereocenters. The average Bonchev–Trinajstić information content (AvgIpc) is 2.56. The number of nitrogens with two attached hydrogens (primary N) is 1. The predicted molar refractivity (Wildman–Crippen MR) is 57.3 cm³/mol. The first-order valence-electron chi connectivity index (χ1n) is 4.82. The van der Waals surface area contributed by atoms with E-state index in [2.05, 4.69) is 9.82 Å². The summed E-state index contributed by atoms with van der Waals surface area (Å²) in [7, 11) is 0. The number of rotatable bonds is 4. The molecule has 2 aromatic rings. The van der Waals surface area contributed by atoms with Gasteiger partial charge in [0.25, 0.3) is 0 Å². The zero-order chi connectivity index (χ0) is 10.7. The lowest BCUT2D eigenvalue weighted by Crippen LogP contribution is -2.18. The molecule has 80 valence electrons. The number of nitrogens with one attached hydrogen (secondary N) is 1. The zero-order valence-corrected chi connectivity index (χ0v) is 8.27. The molecule has 0 aliphatic rings. The standard InChI is InChI=1S/C10H13N3O2/c11-15-7-3-6-13-9-5-2-1-4-8(9)12-10(13)14/h1-2,4-5H,3,6-7,11H2,(H,12,14). The molecule has 0 bridgehead atoms. The van der Waals surface area contributed by atoms with E-state index in [1.165, 1.54) is 0 Å². The number of H-pyrrole nitrogens is 1. The van der Waals surface area contributed by atoms with Crippen molar-refractivity contribution in [1.82, 2.24) is 9.55 Å². The van der Waals surface area contributed by atoms with Crippen LogP contribution in [0.4, 0.5) is 0 Å². The van der Waals surface area contributed by atoms with Crippen LogP contribution in [0, 0.1) is 0 Å². The van der Waals surface area contributed by atoms with Gasteiger partial charge in [0.05, 0.1) is 17.6 Å². The molecule has 0 saturated heterocycles. The van der Waals surface area contributed by atoms with Crippen LogP contribution in [0.25, 0.3) is 11.0 Å². The Morgan fingerprint density at radius 3 is 3.00 bits per heavy atom. The molecule has 0 spiro atoms. The molecule has 0 radical (unpaired) electrons. The van der Waals surface area contributed by atoms with E-state index in [-0.39, 0.29) is 5.69 Å². The Kier molecular flexibility index (Phi) is 2.84. The smallest absolute Gasteiger partial charge is 0.306 e. The number of aromatic nitrogens is 2. The third kappa shape index (κ3) is 1.93. The number of fused-ring (bicyclic) bond motifs is 1. The summed E-state index contributed by atoms with van der Waals surface area (Å²) >= 11 is 0. The highest BCUT2D eigenvalue weighted by atomic mass is 16.6. The lowest BCUT2D eigenvalue weighted by atomic mass is 10.3. The van der Waals surface area contributed by atoms with E-state index < -0.39 is 0 Å². The van der Waals surface area contributed by atoms with E-state index in [0.717, 1.165) is 17.5 Å². The van der Waals surface area contributed by atoms with E-state index in [0.29, 0.717) is 13.2 Å². The molecule has 15 heavy (non-hydrogen) atoms. The molecule has 0 unspecified atom stereocenters. The molecule has 5 nitrogen and oxygen atoms in total. The van der Waals surface area contributed by atoms with Crippen molar-refractivity contribution in [3.63, 3.8) is 0 Å². The topological polar surface area (TPSA) is 73.0 Å². The highest BCUT2D eigenvalue weighted by molar-refractivity contribution is 5.74. The molecule has 5 heteroatoms. The quantitative estimate of drug-likeness (QED) is 0.570. The summed E-state index contributed by atoms with van der Waals surface area (Å²) in [6.07, 6.45) is 0.720. The molecule has 0 saturated carbocycles. The van der Waals surface area contributed by atoms with Crippen molar-refractivity contribution >= 4 is 11.0 Å². The van der Waals surface area contributed by atoms with Gasteiger partial charge in [0.1, 0.15) is 0 Å². The predicted octanol–water partition coefficient (Wildman–Crippen LogP) is 0.610. The van der Waals surface area contributed by atoms with Crippen molar-refractivity contribution in [2.75, 3.05) is 6.61 Å². The number of hydrogen-bond acceptors (Lipinski definition) is 3. The largest absolute Gasteiger partial charge is 0.326 e. The Bertz CT molecular complexity index is 501. The van der Waals surface area contributed by atoms with Crippen molar-refractivity contribution in [1.29, 1.82) is 0 Å². The summed E-state index contributed by atoms with van der Waals surface area (Å²) in [6, 6.07) is 7.60. The third-order valence-electron chi connectivity index (χ3n) is 2.33. The van der Waals surface area contributed by atoms with Crippen LogP contribution in [0.15, 0.2) is 29.1 Å². The number of benzene rings is 1. The first-order valence-corrected chi connectivity index (χ1v) is 4.82. The number of aromatic amines is 1. The minimum absolute atomic E-state index is 0.0896. The van der Waals surface area contributed by atoms with Gasteiger partial charge in [-0.05, 0) is 18.6 Å². The summed E-state index contributed by atoms with van der Waals surface area (Å²) in [5.41, 5.74) is 1.68. The van der Waals surface area contributed by atoms with E-state index in [4.69, 9.17) is 5.90 Å². The van der Waals surface area contributed by atoms with Crippen LogP contribution in [-0.2, 0) is 11.4 Å². The van der Waals surface area contributed by atoms with Gasteiger partial charge >= 0.3 is 5.69 Å². The van der Waals surface area contributed by atoms with E-state index >= 15 is 0 Å². The first-order chi connectivity index (χ1) is 7.33. The highest BCUT2D eigenvalue weighted by Gasteiger charge is 2.04. The monoisotopic (exact) mass is 207 g/mol. The third-order valence-corrected chi connectivity index (χ3v) is 2.33. The minimum Gasteiger partial charge on any atom is -0.306 e. The second-order valence-corrected chi connectivity index (χ2v) is 3.32. The fourth-order valence-corrected chi connectivity index (χ4v) is 1.63. The van der Waals surface area contributed by atoms with Gasteiger partial charge in [-0.15, -0.1) is 0 Å². The van der Waals surface area contributed by atoms with Crippen LogP contribution < -0.4 is 11.6 Å². The van der Waals surface area contributed by atoms with Crippen LogP contribution in [0.5, 0.6) is 0 Å². The normalized spacial score (nSPS) is 11.0. The number of imidazole rings is 1. The molecular formula is C10H13N3O2. The van der Waals surface area contributed by atoms with Crippen molar-refractivity contribution in [2.45, 2.75) is 13.0 Å². The van der Waals surface area contributed by atoms with Crippen molar-refractivity contribution in [3.05, 3.63) is 34.7 Å².